The molecule has 1 amide bonds. The summed E-state index contributed by atoms with van der Waals surface area (Å²) in [7, 11) is 0. The minimum Gasteiger partial charge on any atom is -0.480 e. The van der Waals surface area contributed by atoms with Gasteiger partial charge < -0.3 is 14.8 Å². The highest BCUT2D eigenvalue weighted by Gasteiger charge is 2.16. The van der Waals surface area contributed by atoms with Crippen LogP contribution in [-0.4, -0.2) is 28.5 Å². The van der Waals surface area contributed by atoms with E-state index in [1.807, 2.05) is 5.32 Å². The highest BCUT2D eigenvalue weighted by atomic mass is 16.6. The van der Waals surface area contributed by atoms with Crippen molar-refractivity contribution in [2.24, 2.45) is 0 Å². The molecule has 0 aliphatic rings. The highest BCUT2D eigenvalue weighted by Crippen LogP contribution is 2.20. The van der Waals surface area contributed by atoms with Crippen molar-refractivity contribution in [2.45, 2.75) is 0 Å². The van der Waals surface area contributed by atoms with Crippen molar-refractivity contribution in [3.8, 4) is 0 Å². The van der Waals surface area contributed by atoms with Crippen LogP contribution in [0.3, 0.4) is 0 Å². The Morgan fingerprint density at radius 3 is 2.67 bits per heavy atom. The molecule has 9 heteroatoms. The third-order valence-electron chi connectivity index (χ3n) is 2.57. The van der Waals surface area contributed by atoms with Gasteiger partial charge in [-0.2, -0.15) is 0 Å². The number of nitro groups is 1. The number of carboxylic acid groups (broad SMARTS) is 1. The van der Waals surface area contributed by atoms with Crippen LogP contribution in [0.1, 0.15) is 10.4 Å². The summed E-state index contributed by atoms with van der Waals surface area (Å²) in [5.41, 5.74) is -1.53. The Balaban J connectivity index is 2.47. The summed E-state index contributed by atoms with van der Waals surface area (Å²) in [6, 6.07) is 4.67. The molecular formula is C12H8N2O7. The molecule has 1 aromatic carbocycles. The zero-order chi connectivity index (χ0) is 15.6. The van der Waals surface area contributed by atoms with E-state index in [0.717, 1.165) is 18.2 Å². The summed E-state index contributed by atoms with van der Waals surface area (Å²) in [6.07, 6.45) is 0. The quantitative estimate of drug-likeness (QED) is 0.475. The number of rotatable bonds is 4. The van der Waals surface area contributed by atoms with Gasteiger partial charge in [-0.3, -0.25) is 19.7 Å². The van der Waals surface area contributed by atoms with Gasteiger partial charge in [0.1, 0.15) is 17.7 Å². The Labute approximate surface area is 115 Å². The summed E-state index contributed by atoms with van der Waals surface area (Å²) < 4.78 is 4.87. The molecule has 1 aromatic heterocycles. The number of nitro benzene ring substituents is 1. The van der Waals surface area contributed by atoms with Crippen LogP contribution in [0.2, 0.25) is 0 Å². The summed E-state index contributed by atoms with van der Waals surface area (Å²) in [6.45, 7) is -0.661. The van der Waals surface area contributed by atoms with Gasteiger partial charge in [-0.15, -0.1) is 0 Å². The standard InChI is InChI=1S/C12H8N2O7/c15-10(16)5-13-11(17)8-4-6-3-7(14(19)20)1-2-9(6)21-12(8)18/h1-4H,5H2,(H,13,17)(H,15,16). The topological polar surface area (TPSA) is 140 Å². The van der Waals surface area contributed by atoms with Crippen LogP contribution in [0, 0.1) is 10.1 Å². The maximum Gasteiger partial charge on any atom is 0.349 e. The van der Waals surface area contributed by atoms with E-state index < -0.39 is 34.5 Å². The first kappa shape index (κ1) is 14.2. The van der Waals surface area contributed by atoms with Gasteiger partial charge in [0.25, 0.3) is 11.6 Å². The lowest BCUT2D eigenvalue weighted by atomic mass is 10.1. The van der Waals surface area contributed by atoms with Crippen molar-refractivity contribution in [3.63, 3.8) is 0 Å². The second-order valence-corrected chi connectivity index (χ2v) is 4.00. The normalized spacial score (nSPS) is 10.3. The molecule has 1 heterocycles. The second kappa shape index (κ2) is 5.41. The predicted molar refractivity (Wildman–Crippen MR) is 69.1 cm³/mol. The number of non-ortho nitro benzene ring substituents is 1. The van der Waals surface area contributed by atoms with Gasteiger partial charge in [-0.05, 0) is 12.1 Å². The molecule has 0 saturated carbocycles. The fraction of sp³-hybridized carbons (Fsp3) is 0.0833. The Morgan fingerprint density at radius 1 is 1.33 bits per heavy atom. The van der Waals surface area contributed by atoms with E-state index in [9.17, 15) is 24.5 Å². The van der Waals surface area contributed by atoms with Crippen molar-refractivity contribution in [1.29, 1.82) is 0 Å². The number of hydrogen-bond donors (Lipinski definition) is 2. The van der Waals surface area contributed by atoms with Crippen LogP contribution >= 0.6 is 0 Å². The van der Waals surface area contributed by atoms with Crippen molar-refractivity contribution in [2.75, 3.05) is 6.54 Å². The maximum atomic E-state index is 11.7. The number of amides is 1. The number of carbonyl (C=O) groups is 2. The number of benzene rings is 1. The van der Waals surface area contributed by atoms with Gasteiger partial charge >= 0.3 is 11.6 Å². The smallest absolute Gasteiger partial charge is 0.349 e. The number of carboxylic acids is 1. The van der Waals surface area contributed by atoms with Crippen molar-refractivity contribution in [3.05, 3.63) is 50.4 Å². The Hall–Kier alpha value is -3.23. The summed E-state index contributed by atoms with van der Waals surface area (Å²) in [5.74, 6) is -2.20. The lowest BCUT2D eigenvalue weighted by molar-refractivity contribution is -0.384. The van der Waals surface area contributed by atoms with Crippen LogP contribution in [0.4, 0.5) is 5.69 Å². The van der Waals surface area contributed by atoms with Crippen LogP contribution in [0.5, 0.6) is 0 Å². The SMILES string of the molecule is O=C(O)CNC(=O)c1cc2cc([N+](=O)[O-])ccc2oc1=O. The molecule has 0 spiro atoms. The van der Waals surface area contributed by atoms with E-state index in [0.29, 0.717) is 0 Å². The number of aliphatic carboxylic acids is 1. The molecule has 0 radical (unpaired) electrons. The molecule has 0 atom stereocenters. The van der Waals surface area contributed by atoms with E-state index >= 15 is 0 Å². The first-order valence-electron chi connectivity index (χ1n) is 5.61. The molecule has 0 saturated heterocycles. The van der Waals surface area contributed by atoms with Crippen molar-refractivity contribution >= 4 is 28.5 Å². The Morgan fingerprint density at radius 2 is 2.05 bits per heavy atom. The number of carbonyl (C=O) groups excluding carboxylic acids is 1. The molecule has 2 rings (SSSR count). The lowest BCUT2D eigenvalue weighted by Gasteiger charge is -2.02. The average molecular weight is 292 g/mol. The van der Waals surface area contributed by atoms with E-state index in [2.05, 4.69) is 0 Å². The third-order valence-corrected chi connectivity index (χ3v) is 2.57. The van der Waals surface area contributed by atoms with Crippen molar-refractivity contribution < 1.29 is 24.0 Å². The third kappa shape index (κ3) is 3.03. The fourth-order valence-corrected chi connectivity index (χ4v) is 1.63. The first-order valence-corrected chi connectivity index (χ1v) is 5.61. The molecule has 0 fully saturated rings. The van der Waals surface area contributed by atoms with Gasteiger partial charge in [0.15, 0.2) is 0 Å². The largest absolute Gasteiger partial charge is 0.480 e. The summed E-state index contributed by atoms with van der Waals surface area (Å²) >= 11 is 0. The zero-order valence-corrected chi connectivity index (χ0v) is 10.4. The highest BCUT2D eigenvalue weighted by molar-refractivity contribution is 5.98. The fourth-order valence-electron chi connectivity index (χ4n) is 1.63. The molecule has 0 unspecified atom stereocenters. The van der Waals surface area contributed by atoms with Gasteiger partial charge in [0, 0.05) is 17.5 Å². The average Bonchev–Trinajstić information content (AvgIpc) is 2.43. The molecule has 108 valence electrons. The van der Waals surface area contributed by atoms with Gasteiger partial charge in [0.05, 0.1) is 4.92 Å². The number of hydrogen-bond acceptors (Lipinski definition) is 6. The summed E-state index contributed by atoms with van der Waals surface area (Å²) in [5, 5.41) is 21.3. The molecule has 21 heavy (non-hydrogen) atoms. The van der Waals surface area contributed by atoms with Gasteiger partial charge in [-0.25, -0.2) is 4.79 Å². The molecule has 9 nitrogen and oxygen atoms in total. The van der Waals surface area contributed by atoms with Crippen LogP contribution in [-0.2, 0) is 4.79 Å². The minimum absolute atomic E-state index is 0.0837. The second-order valence-electron chi connectivity index (χ2n) is 4.00. The molecule has 2 N–H and O–H groups in total. The monoisotopic (exact) mass is 292 g/mol. The van der Waals surface area contributed by atoms with Crippen molar-refractivity contribution in [1.82, 2.24) is 5.32 Å². The first-order chi connectivity index (χ1) is 9.88. The Bertz CT molecular complexity index is 809. The zero-order valence-electron chi connectivity index (χ0n) is 10.4. The van der Waals surface area contributed by atoms with Crippen LogP contribution in [0.25, 0.3) is 11.0 Å². The number of nitrogens with zero attached hydrogens (tertiary/aromatic N) is 1. The van der Waals surface area contributed by atoms with E-state index in [-0.39, 0.29) is 16.7 Å². The maximum absolute atomic E-state index is 11.7. The molecule has 0 bridgehead atoms. The van der Waals surface area contributed by atoms with E-state index in [4.69, 9.17) is 9.52 Å². The summed E-state index contributed by atoms with van der Waals surface area (Å²) in [4.78, 5) is 43.7. The Kier molecular flexibility index (Phi) is 3.65. The van der Waals surface area contributed by atoms with E-state index in [1.54, 1.807) is 0 Å². The van der Waals surface area contributed by atoms with Gasteiger partial charge in [-0.1, -0.05) is 0 Å². The molecule has 0 aliphatic carbocycles. The lowest BCUT2D eigenvalue weighted by Crippen LogP contribution is -2.32. The van der Waals surface area contributed by atoms with Crippen LogP contribution in [0.15, 0.2) is 33.5 Å². The van der Waals surface area contributed by atoms with Gasteiger partial charge in [0.2, 0.25) is 0 Å². The predicted octanol–water partition coefficient (Wildman–Crippen LogP) is 0.516. The number of nitrogens with one attached hydrogen (secondary N) is 1. The molecular weight excluding hydrogens is 284 g/mol. The minimum atomic E-state index is -1.27. The number of fused-ring (bicyclic) bond motifs is 1. The molecule has 0 aliphatic heterocycles. The van der Waals surface area contributed by atoms with Crippen LogP contribution < -0.4 is 10.9 Å². The van der Waals surface area contributed by atoms with E-state index in [1.165, 1.54) is 6.07 Å². The molecule has 2 aromatic rings.